The minimum Gasteiger partial charge on any atom is -0.423 e. The zero-order valence-electron chi connectivity index (χ0n) is 6.70. The lowest BCUT2D eigenvalue weighted by atomic mass is 9.75. The molecule has 0 saturated heterocycles. The molecule has 0 saturated carbocycles. The van der Waals surface area contributed by atoms with Gasteiger partial charge in [0.25, 0.3) is 0 Å². The molecule has 2 N–H and O–H groups in total. The van der Waals surface area contributed by atoms with Crippen LogP contribution < -0.4 is 0 Å². The highest BCUT2D eigenvalue weighted by Crippen LogP contribution is 2.18. The average molecular weight is 152 g/mol. The molecule has 1 rings (SSSR count). The predicted octanol–water partition coefficient (Wildman–Crippen LogP) is 0.911. The van der Waals surface area contributed by atoms with Gasteiger partial charge in [0.15, 0.2) is 0 Å². The van der Waals surface area contributed by atoms with Crippen LogP contribution in [-0.4, -0.2) is 17.2 Å². The highest BCUT2D eigenvalue weighted by molar-refractivity contribution is 6.51. The Kier molecular flexibility index (Phi) is 2.91. The smallest absolute Gasteiger partial charge is 0.423 e. The Morgan fingerprint density at radius 3 is 2.73 bits per heavy atom. The third-order valence-corrected chi connectivity index (χ3v) is 2.04. The van der Waals surface area contributed by atoms with Gasteiger partial charge in [-0.15, -0.1) is 0 Å². The molecule has 0 amide bonds. The highest BCUT2D eigenvalue weighted by atomic mass is 16.4. The summed E-state index contributed by atoms with van der Waals surface area (Å²) in [6, 6.07) is 0. The van der Waals surface area contributed by atoms with E-state index in [1.54, 1.807) is 6.08 Å². The van der Waals surface area contributed by atoms with Crippen molar-refractivity contribution in [1.82, 2.24) is 0 Å². The van der Waals surface area contributed by atoms with E-state index in [0.717, 1.165) is 12.8 Å². The van der Waals surface area contributed by atoms with E-state index >= 15 is 0 Å². The normalized spacial score (nSPS) is 23.2. The summed E-state index contributed by atoms with van der Waals surface area (Å²) in [5.41, 5.74) is 0.620. The van der Waals surface area contributed by atoms with Gasteiger partial charge in [0.05, 0.1) is 0 Å². The van der Waals surface area contributed by atoms with E-state index in [0.29, 0.717) is 11.4 Å². The van der Waals surface area contributed by atoms with Crippen LogP contribution in [0.25, 0.3) is 0 Å². The molecular formula is C8H13BO2. The monoisotopic (exact) mass is 152 g/mol. The molecule has 60 valence electrons. The van der Waals surface area contributed by atoms with Crippen molar-refractivity contribution in [3.63, 3.8) is 0 Å². The van der Waals surface area contributed by atoms with Gasteiger partial charge >= 0.3 is 7.12 Å². The van der Waals surface area contributed by atoms with Gasteiger partial charge in [-0.3, -0.25) is 0 Å². The van der Waals surface area contributed by atoms with Gasteiger partial charge in [0, 0.05) is 0 Å². The molecule has 0 aromatic rings. The second-order valence-corrected chi connectivity index (χ2v) is 2.84. The summed E-state index contributed by atoms with van der Waals surface area (Å²) in [7, 11) is -1.30. The lowest BCUT2D eigenvalue weighted by molar-refractivity contribution is 0.419. The average Bonchev–Trinajstić information content (AvgIpc) is 2.05. The summed E-state index contributed by atoms with van der Waals surface area (Å²) < 4.78 is 0. The quantitative estimate of drug-likeness (QED) is 0.577. The summed E-state index contributed by atoms with van der Waals surface area (Å²) in [5.74, 6) is 0.581. The molecule has 1 unspecified atom stereocenters. The van der Waals surface area contributed by atoms with Crippen LogP contribution in [0.4, 0.5) is 0 Å². The van der Waals surface area contributed by atoms with Crippen molar-refractivity contribution in [1.29, 1.82) is 0 Å². The largest absolute Gasteiger partial charge is 0.488 e. The molecular weight excluding hydrogens is 139 g/mol. The minimum absolute atomic E-state index is 0.581. The van der Waals surface area contributed by atoms with Crippen LogP contribution in [0.15, 0.2) is 23.7 Å². The highest BCUT2D eigenvalue weighted by Gasteiger charge is 2.15. The Labute approximate surface area is 67.4 Å². The van der Waals surface area contributed by atoms with E-state index in [-0.39, 0.29) is 0 Å². The maximum atomic E-state index is 8.77. The maximum absolute atomic E-state index is 8.77. The Bertz CT molecular complexity index is 185. The summed E-state index contributed by atoms with van der Waals surface area (Å²) >= 11 is 0. The molecule has 0 heterocycles. The first-order chi connectivity index (χ1) is 5.24. The van der Waals surface area contributed by atoms with Crippen LogP contribution in [-0.2, 0) is 0 Å². The van der Waals surface area contributed by atoms with Gasteiger partial charge in [0.1, 0.15) is 0 Å². The molecule has 0 aliphatic heterocycles. The summed E-state index contributed by atoms with van der Waals surface area (Å²) in [6.07, 6.45) is 7.76. The van der Waals surface area contributed by atoms with Gasteiger partial charge < -0.3 is 10.0 Å². The van der Waals surface area contributed by atoms with Gasteiger partial charge in [-0.25, -0.2) is 0 Å². The molecule has 2 nitrogen and oxygen atoms in total. The zero-order chi connectivity index (χ0) is 8.27. The molecule has 0 aromatic heterocycles. The molecule has 1 aliphatic rings. The fourth-order valence-corrected chi connectivity index (χ4v) is 1.18. The lowest BCUT2D eigenvalue weighted by Crippen LogP contribution is -2.16. The van der Waals surface area contributed by atoms with Crippen LogP contribution in [0.5, 0.6) is 0 Å². The van der Waals surface area contributed by atoms with Crippen molar-refractivity contribution in [2.45, 2.75) is 19.8 Å². The van der Waals surface area contributed by atoms with Crippen LogP contribution in [0.3, 0.4) is 0 Å². The third kappa shape index (κ3) is 2.21. The van der Waals surface area contributed by atoms with Crippen molar-refractivity contribution in [2.75, 3.05) is 0 Å². The van der Waals surface area contributed by atoms with Crippen LogP contribution in [0, 0.1) is 5.92 Å². The molecule has 1 atom stereocenters. The standard InChI is InChI=1S/C8H13BO2/c1-2-7-3-5-8(6-4-7)9(10)11/h3,5-7,10-11H,2,4H2,1H3. The second-order valence-electron chi connectivity index (χ2n) is 2.84. The molecule has 1 aliphatic carbocycles. The van der Waals surface area contributed by atoms with Crippen LogP contribution in [0.2, 0.25) is 0 Å². The topological polar surface area (TPSA) is 40.5 Å². The Morgan fingerprint density at radius 1 is 1.64 bits per heavy atom. The predicted molar refractivity (Wildman–Crippen MR) is 45.8 cm³/mol. The molecule has 0 fully saturated rings. The molecule has 0 bridgehead atoms. The summed E-state index contributed by atoms with van der Waals surface area (Å²) in [5, 5.41) is 17.5. The summed E-state index contributed by atoms with van der Waals surface area (Å²) in [6.45, 7) is 2.13. The van der Waals surface area contributed by atoms with E-state index in [9.17, 15) is 0 Å². The van der Waals surface area contributed by atoms with E-state index in [1.807, 2.05) is 12.2 Å². The van der Waals surface area contributed by atoms with Gasteiger partial charge in [-0.05, 0) is 24.2 Å². The number of hydrogen-bond acceptors (Lipinski definition) is 2. The first-order valence-corrected chi connectivity index (χ1v) is 3.98. The third-order valence-electron chi connectivity index (χ3n) is 2.04. The van der Waals surface area contributed by atoms with E-state index in [2.05, 4.69) is 6.92 Å². The van der Waals surface area contributed by atoms with Gasteiger partial charge in [-0.2, -0.15) is 0 Å². The first-order valence-electron chi connectivity index (χ1n) is 3.98. The summed E-state index contributed by atoms with van der Waals surface area (Å²) in [4.78, 5) is 0. The van der Waals surface area contributed by atoms with Crippen molar-refractivity contribution in [2.24, 2.45) is 5.92 Å². The van der Waals surface area contributed by atoms with Crippen molar-refractivity contribution < 1.29 is 10.0 Å². The van der Waals surface area contributed by atoms with Gasteiger partial charge in [-0.1, -0.05) is 25.2 Å². The SMILES string of the molecule is CCC1C=CC(B(O)O)=CC1. The van der Waals surface area contributed by atoms with Gasteiger partial charge in [0.2, 0.25) is 0 Å². The second kappa shape index (κ2) is 3.74. The molecule has 11 heavy (non-hydrogen) atoms. The van der Waals surface area contributed by atoms with Crippen molar-refractivity contribution >= 4 is 7.12 Å². The zero-order valence-corrected chi connectivity index (χ0v) is 6.70. The molecule has 3 heteroatoms. The Balaban J connectivity index is 2.53. The van der Waals surface area contributed by atoms with E-state index in [4.69, 9.17) is 10.0 Å². The minimum atomic E-state index is -1.30. The van der Waals surface area contributed by atoms with Crippen LogP contribution >= 0.6 is 0 Å². The fourth-order valence-electron chi connectivity index (χ4n) is 1.18. The lowest BCUT2D eigenvalue weighted by Gasteiger charge is -2.13. The molecule has 0 spiro atoms. The number of hydrogen-bond donors (Lipinski definition) is 2. The maximum Gasteiger partial charge on any atom is 0.488 e. The van der Waals surface area contributed by atoms with E-state index in [1.165, 1.54) is 0 Å². The van der Waals surface area contributed by atoms with Crippen LogP contribution in [0.1, 0.15) is 19.8 Å². The molecule has 0 aromatic carbocycles. The fraction of sp³-hybridized carbons (Fsp3) is 0.500. The van der Waals surface area contributed by atoms with Crippen molar-refractivity contribution in [3.05, 3.63) is 23.7 Å². The van der Waals surface area contributed by atoms with E-state index < -0.39 is 7.12 Å². The Morgan fingerprint density at radius 2 is 2.36 bits per heavy atom. The van der Waals surface area contributed by atoms with Crippen molar-refractivity contribution in [3.8, 4) is 0 Å². The number of allylic oxidation sites excluding steroid dienone is 4. The number of rotatable bonds is 2. The first kappa shape index (κ1) is 8.56. The molecule has 0 radical (unpaired) electrons. The Hall–Kier alpha value is -0.535.